The first kappa shape index (κ1) is 12.6. The molecule has 0 aliphatic heterocycles. The van der Waals surface area contributed by atoms with E-state index in [1.165, 1.54) is 30.4 Å². The van der Waals surface area contributed by atoms with Gasteiger partial charge in [0, 0.05) is 6.04 Å². The Bertz CT molecular complexity index is 375. The Morgan fingerprint density at radius 3 is 2.35 bits per heavy atom. The number of benzene rings is 1. The number of hydrogen-bond acceptors (Lipinski definition) is 2. The van der Waals surface area contributed by atoms with Gasteiger partial charge in [0.25, 0.3) is 0 Å². The van der Waals surface area contributed by atoms with Crippen molar-refractivity contribution in [2.75, 3.05) is 0 Å². The molecule has 1 aromatic rings. The van der Waals surface area contributed by atoms with Crippen molar-refractivity contribution in [3.8, 4) is 0 Å². The molecule has 1 unspecified atom stereocenters. The lowest BCUT2D eigenvalue weighted by Gasteiger charge is -2.36. The fraction of sp³-hybridized carbons (Fsp3) is 0.600. The Morgan fingerprint density at radius 1 is 1.24 bits per heavy atom. The summed E-state index contributed by atoms with van der Waals surface area (Å²) in [7, 11) is 0. The van der Waals surface area contributed by atoms with Gasteiger partial charge in [0.05, 0.1) is 0 Å². The van der Waals surface area contributed by atoms with Crippen LogP contribution in [0.1, 0.15) is 57.2 Å². The topological polar surface area (TPSA) is 38.0 Å². The molecular formula is C15H24N2. The minimum atomic E-state index is 0.176. The number of hydrazine groups is 1. The third-order valence-corrected chi connectivity index (χ3v) is 3.90. The van der Waals surface area contributed by atoms with Gasteiger partial charge in [-0.25, -0.2) is 0 Å². The highest BCUT2D eigenvalue weighted by Crippen LogP contribution is 2.40. The van der Waals surface area contributed by atoms with Crippen LogP contribution < -0.4 is 11.3 Å². The van der Waals surface area contributed by atoms with Gasteiger partial charge in [-0.2, -0.15) is 0 Å². The molecule has 2 heteroatoms. The standard InChI is InChI=1S/C15H24N2/c1-15(2,3)13-10-5-4-9-12(13)14(17-16)11-7-6-8-11/h4-5,9-11,14,17H,6-8,16H2,1-3H3. The molecule has 0 spiro atoms. The van der Waals surface area contributed by atoms with Crippen molar-refractivity contribution < 1.29 is 0 Å². The van der Waals surface area contributed by atoms with E-state index in [1.807, 2.05) is 0 Å². The second kappa shape index (κ2) is 4.79. The lowest BCUT2D eigenvalue weighted by molar-refractivity contribution is 0.230. The van der Waals surface area contributed by atoms with Crippen LogP contribution in [0.3, 0.4) is 0 Å². The monoisotopic (exact) mass is 232 g/mol. The highest BCUT2D eigenvalue weighted by Gasteiger charge is 2.30. The van der Waals surface area contributed by atoms with Gasteiger partial charge in [0.1, 0.15) is 0 Å². The molecule has 1 aliphatic carbocycles. The minimum Gasteiger partial charge on any atom is -0.271 e. The van der Waals surface area contributed by atoms with Gasteiger partial charge in [-0.05, 0) is 35.3 Å². The van der Waals surface area contributed by atoms with Crippen molar-refractivity contribution in [3.05, 3.63) is 35.4 Å². The van der Waals surface area contributed by atoms with Crippen LogP contribution in [0.15, 0.2) is 24.3 Å². The van der Waals surface area contributed by atoms with Gasteiger partial charge in [-0.1, -0.05) is 51.5 Å². The maximum atomic E-state index is 5.78. The van der Waals surface area contributed by atoms with Crippen molar-refractivity contribution in [2.45, 2.75) is 51.5 Å². The van der Waals surface area contributed by atoms with Crippen LogP contribution in [0, 0.1) is 5.92 Å². The molecule has 1 aliphatic rings. The van der Waals surface area contributed by atoms with Gasteiger partial charge in [-0.3, -0.25) is 11.3 Å². The van der Waals surface area contributed by atoms with E-state index in [0.29, 0.717) is 12.0 Å². The summed E-state index contributed by atoms with van der Waals surface area (Å²) in [4.78, 5) is 0. The second-order valence-corrected chi connectivity index (χ2v) is 6.17. The molecule has 0 saturated heterocycles. The van der Waals surface area contributed by atoms with Crippen LogP contribution in [0.2, 0.25) is 0 Å². The van der Waals surface area contributed by atoms with Gasteiger partial charge in [0.15, 0.2) is 0 Å². The van der Waals surface area contributed by atoms with E-state index < -0.39 is 0 Å². The smallest absolute Gasteiger partial charge is 0.0491 e. The largest absolute Gasteiger partial charge is 0.271 e. The van der Waals surface area contributed by atoms with Gasteiger partial charge in [0.2, 0.25) is 0 Å². The first-order valence-corrected chi connectivity index (χ1v) is 6.59. The molecule has 2 rings (SSSR count). The highest BCUT2D eigenvalue weighted by atomic mass is 15.2. The molecule has 0 heterocycles. The van der Waals surface area contributed by atoms with Crippen LogP contribution in [0.25, 0.3) is 0 Å². The summed E-state index contributed by atoms with van der Waals surface area (Å²) in [6.07, 6.45) is 3.95. The first-order valence-electron chi connectivity index (χ1n) is 6.59. The second-order valence-electron chi connectivity index (χ2n) is 6.17. The molecule has 1 atom stereocenters. The molecule has 0 radical (unpaired) electrons. The number of nitrogens with two attached hydrogens (primary N) is 1. The van der Waals surface area contributed by atoms with E-state index >= 15 is 0 Å². The number of nitrogens with one attached hydrogen (secondary N) is 1. The highest BCUT2D eigenvalue weighted by molar-refractivity contribution is 5.35. The molecule has 1 fully saturated rings. The zero-order chi connectivity index (χ0) is 12.5. The summed E-state index contributed by atoms with van der Waals surface area (Å²) < 4.78 is 0. The van der Waals surface area contributed by atoms with E-state index in [9.17, 15) is 0 Å². The summed E-state index contributed by atoms with van der Waals surface area (Å²) in [6.45, 7) is 6.79. The molecule has 17 heavy (non-hydrogen) atoms. The van der Waals surface area contributed by atoms with Crippen LogP contribution in [-0.4, -0.2) is 0 Å². The third-order valence-electron chi connectivity index (χ3n) is 3.90. The molecule has 2 nitrogen and oxygen atoms in total. The summed E-state index contributed by atoms with van der Waals surface area (Å²) in [5.74, 6) is 6.49. The Labute approximate surface area is 105 Å². The molecule has 94 valence electrons. The maximum Gasteiger partial charge on any atom is 0.0491 e. The lowest BCUT2D eigenvalue weighted by Crippen LogP contribution is -2.37. The predicted molar refractivity (Wildman–Crippen MR) is 72.5 cm³/mol. The Morgan fingerprint density at radius 2 is 1.88 bits per heavy atom. The number of rotatable bonds is 3. The predicted octanol–water partition coefficient (Wildman–Crippen LogP) is 3.29. The van der Waals surface area contributed by atoms with E-state index in [2.05, 4.69) is 50.5 Å². The van der Waals surface area contributed by atoms with Crippen LogP contribution >= 0.6 is 0 Å². The Balaban J connectivity index is 2.35. The normalized spacial score (nSPS) is 18.8. The molecule has 0 bridgehead atoms. The number of hydrogen-bond donors (Lipinski definition) is 2. The van der Waals surface area contributed by atoms with Crippen LogP contribution in [0.5, 0.6) is 0 Å². The average molecular weight is 232 g/mol. The third kappa shape index (κ3) is 2.53. The van der Waals surface area contributed by atoms with E-state index in [1.54, 1.807) is 0 Å². The Hall–Kier alpha value is -0.860. The van der Waals surface area contributed by atoms with Gasteiger partial charge in [-0.15, -0.1) is 0 Å². The maximum absolute atomic E-state index is 5.78. The molecule has 1 aromatic carbocycles. The van der Waals surface area contributed by atoms with E-state index in [0.717, 1.165) is 0 Å². The van der Waals surface area contributed by atoms with E-state index in [4.69, 9.17) is 5.84 Å². The van der Waals surface area contributed by atoms with Gasteiger partial charge < -0.3 is 0 Å². The Kier molecular flexibility index (Phi) is 3.55. The molecule has 0 amide bonds. The quantitative estimate of drug-likeness (QED) is 0.620. The molecule has 1 saturated carbocycles. The minimum absolute atomic E-state index is 0.176. The fourth-order valence-electron chi connectivity index (χ4n) is 2.70. The van der Waals surface area contributed by atoms with Crippen LogP contribution in [0.4, 0.5) is 0 Å². The van der Waals surface area contributed by atoms with Crippen LogP contribution in [-0.2, 0) is 5.41 Å². The zero-order valence-corrected chi connectivity index (χ0v) is 11.2. The SMILES string of the molecule is CC(C)(C)c1ccccc1C(NN)C1CCC1. The average Bonchev–Trinajstić information content (AvgIpc) is 2.22. The van der Waals surface area contributed by atoms with E-state index in [-0.39, 0.29) is 5.41 Å². The van der Waals surface area contributed by atoms with Crippen molar-refractivity contribution in [1.29, 1.82) is 0 Å². The van der Waals surface area contributed by atoms with Crippen molar-refractivity contribution in [2.24, 2.45) is 11.8 Å². The van der Waals surface area contributed by atoms with Crippen molar-refractivity contribution in [3.63, 3.8) is 0 Å². The van der Waals surface area contributed by atoms with Gasteiger partial charge >= 0.3 is 0 Å². The summed E-state index contributed by atoms with van der Waals surface area (Å²) in [6, 6.07) is 9.02. The summed E-state index contributed by atoms with van der Waals surface area (Å²) in [5.41, 5.74) is 6.00. The summed E-state index contributed by atoms with van der Waals surface area (Å²) >= 11 is 0. The zero-order valence-electron chi connectivity index (χ0n) is 11.2. The van der Waals surface area contributed by atoms with Crippen molar-refractivity contribution >= 4 is 0 Å². The summed E-state index contributed by atoms with van der Waals surface area (Å²) in [5, 5.41) is 0. The molecule has 3 N–H and O–H groups in total. The first-order chi connectivity index (χ1) is 8.04. The molecule has 0 aromatic heterocycles. The van der Waals surface area contributed by atoms with Crippen molar-refractivity contribution in [1.82, 2.24) is 5.43 Å². The lowest BCUT2D eigenvalue weighted by atomic mass is 9.73. The molecular weight excluding hydrogens is 208 g/mol. The fourth-order valence-corrected chi connectivity index (χ4v) is 2.70.